The molecule has 0 aliphatic carbocycles. The molecule has 1 aromatic rings. The highest BCUT2D eigenvalue weighted by Crippen LogP contribution is 2.18. The van der Waals surface area contributed by atoms with Crippen molar-refractivity contribution in [1.29, 1.82) is 0 Å². The summed E-state index contributed by atoms with van der Waals surface area (Å²) < 4.78 is 10.2. The molecule has 1 aromatic heterocycles. The number of amides is 1. The van der Waals surface area contributed by atoms with Gasteiger partial charge < -0.3 is 19.6 Å². The molecule has 2 heterocycles. The van der Waals surface area contributed by atoms with Crippen LogP contribution in [0.5, 0.6) is 0 Å². The van der Waals surface area contributed by atoms with Crippen molar-refractivity contribution < 1.29 is 19.1 Å². The zero-order valence-electron chi connectivity index (χ0n) is 9.59. The van der Waals surface area contributed by atoms with Crippen LogP contribution in [0.15, 0.2) is 22.8 Å². The van der Waals surface area contributed by atoms with Gasteiger partial charge in [-0.2, -0.15) is 0 Å². The minimum absolute atomic E-state index is 0.209. The summed E-state index contributed by atoms with van der Waals surface area (Å²) in [5, 5.41) is 12.6. The predicted octanol–water partition coefficient (Wildman–Crippen LogP) is 0.797. The Morgan fingerprint density at radius 1 is 1.53 bits per heavy atom. The van der Waals surface area contributed by atoms with Gasteiger partial charge in [-0.1, -0.05) is 0 Å². The van der Waals surface area contributed by atoms with Gasteiger partial charge in [0.1, 0.15) is 0 Å². The van der Waals surface area contributed by atoms with E-state index in [9.17, 15) is 9.90 Å². The number of aliphatic hydroxyl groups excluding tert-OH is 1. The molecule has 0 spiro atoms. The number of hydrogen-bond donors (Lipinski definition) is 2. The fourth-order valence-corrected chi connectivity index (χ4v) is 1.96. The van der Waals surface area contributed by atoms with Crippen molar-refractivity contribution in [3.63, 3.8) is 0 Å². The lowest BCUT2D eigenvalue weighted by Crippen LogP contribution is -2.38. The highest BCUT2D eigenvalue weighted by molar-refractivity contribution is 5.91. The zero-order chi connectivity index (χ0) is 12.1. The molecule has 1 aliphatic heterocycles. The lowest BCUT2D eigenvalue weighted by atomic mass is 9.94. The summed E-state index contributed by atoms with van der Waals surface area (Å²) in [6.07, 6.45) is 2.62. The van der Waals surface area contributed by atoms with E-state index in [1.165, 1.54) is 6.26 Å². The smallest absolute Gasteiger partial charge is 0.287 e. The predicted molar refractivity (Wildman–Crippen MR) is 60.6 cm³/mol. The van der Waals surface area contributed by atoms with E-state index >= 15 is 0 Å². The standard InChI is InChI=1S/C12H17NO4/c14-10(9-3-6-16-7-4-9)8-13-12(15)11-2-1-5-17-11/h1-2,5,9-10,14H,3-4,6-8H2,(H,13,15)/t10-/m0/s1. The Kier molecular flexibility index (Phi) is 4.17. The fraction of sp³-hybridized carbons (Fsp3) is 0.583. The number of aliphatic hydroxyl groups is 1. The fourth-order valence-electron chi connectivity index (χ4n) is 1.96. The van der Waals surface area contributed by atoms with Crippen LogP contribution in [0.2, 0.25) is 0 Å². The Morgan fingerprint density at radius 2 is 2.29 bits per heavy atom. The first-order valence-corrected chi connectivity index (χ1v) is 5.85. The number of rotatable bonds is 4. The van der Waals surface area contributed by atoms with E-state index in [0.29, 0.717) is 13.2 Å². The Balaban J connectivity index is 1.75. The van der Waals surface area contributed by atoms with Crippen LogP contribution >= 0.6 is 0 Å². The molecule has 1 aliphatic rings. The van der Waals surface area contributed by atoms with Gasteiger partial charge in [-0.15, -0.1) is 0 Å². The molecule has 94 valence electrons. The molecular formula is C12H17NO4. The molecule has 1 saturated heterocycles. The average Bonchev–Trinajstić information content (AvgIpc) is 2.90. The summed E-state index contributed by atoms with van der Waals surface area (Å²) in [5.74, 6) is 0.186. The first-order chi connectivity index (χ1) is 8.27. The van der Waals surface area contributed by atoms with Gasteiger partial charge in [0.15, 0.2) is 5.76 Å². The van der Waals surface area contributed by atoms with Crippen molar-refractivity contribution in [2.75, 3.05) is 19.8 Å². The molecule has 1 atom stereocenters. The minimum Gasteiger partial charge on any atom is -0.459 e. The van der Waals surface area contributed by atoms with Crippen LogP contribution in [0.1, 0.15) is 23.4 Å². The zero-order valence-corrected chi connectivity index (χ0v) is 9.59. The summed E-state index contributed by atoms with van der Waals surface area (Å²) in [6, 6.07) is 3.25. The number of nitrogens with one attached hydrogen (secondary N) is 1. The van der Waals surface area contributed by atoms with Gasteiger partial charge in [-0.3, -0.25) is 4.79 Å². The van der Waals surface area contributed by atoms with Crippen LogP contribution in [0.3, 0.4) is 0 Å². The third kappa shape index (κ3) is 3.31. The Labute approximate surface area is 99.8 Å². The third-order valence-electron chi connectivity index (χ3n) is 3.03. The van der Waals surface area contributed by atoms with E-state index < -0.39 is 6.10 Å². The quantitative estimate of drug-likeness (QED) is 0.815. The molecule has 1 fully saturated rings. The maximum absolute atomic E-state index is 11.6. The number of carbonyl (C=O) groups is 1. The van der Waals surface area contributed by atoms with Crippen LogP contribution in [0.25, 0.3) is 0 Å². The van der Waals surface area contributed by atoms with E-state index in [4.69, 9.17) is 9.15 Å². The summed E-state index contributed by atoms with van der Waals surface area (Å²) in [4.78, 5) is 11.6. The van der Waals surface area contributed by atoms with E-state index in [2.05, 4.69) is 5.32 Å². The number of hydrogen-bond acceptors (Lipinski definition) is 4. The van der Waals surface area contributed by atoms with Gasteiger partial charge in [0.05, 0.1) is 12.4 Å². The molecular weight excluding hydrogens is 222 g/mol. The minimum atomic E-state index is -0.516. The first kappa shape index (κ1) is 12.1. The number of furan rings is 1. The number of carbonyl (C=O) groups excluding carboxylic acids is 1. The van der Waals surface area contributed by atoms with Crippen LogP contribution < -0.4 is 5.32 Å². The lowest BCUT2D eigenvalue weighted by Gasteiger charge is -2.26. The van der Waals surface area contributed by atoms with Crippen molar-refractivity contribution in [1.82, 2.24) is 5.32 Å². The Bertz CT molecular complexity index is 343. The average molecular weight is 239 g/mol. The largest absolute Gasteiger partial charge is 0.459 e. The second-order valence-corrected chi connectivity index (χ2v) is 4.20. The maximum atomic E-state index is 11.6. The summed E-state index contributed by atoms with van der Waals surface area (Å²) in [5.41, 5.74) is 0. The van der Waals surface area contributed by atoms with Gasteiger partial charge in [0.2, 0.25) is 0 Å². The monoisotopic (exact) mass is 239 g/mol. The van der Waals surface area contributed by atoms with Crippen LogP contribution in [0.4, 0.5) is 0 Å². The summed E-state index contributed by atoms with van der Waals surface area (Å²) in [6.45, 7) is 1.63. The van der Waals surface area contributed by atoms with Crippen molar-refractivity contribution in [2.45, 2.75) is 18.9 Å². The molecule has 0 saturated carbocycles. The molecule has 2 rings (SSSR count). The molecule has 5 heteroatoms. The molecule has 2 N–H and O–H groups in total. The van der Waals surface area contributed by atoms with Crippen molar-refractivity contribution >= 4 is 5.91 Å². The van der Waals surface area contributed by atoms with Gasteiger partial charge >= 0.3 is 0 Å². The molecule has 0 radical (unpaired) electrons. The molecule has 0 bridgehead atoms. The van der Waals surface area contributed by atoms with Crippen molar-refractivity contribution in [3.05, 3.63) is 24.2 Å². The highest BCUT2D eigenvalue weighted by Gasteiger charge is 2.22. The summed E-state index contributed by atoms with van der Waals surface area (Å²) in [7, 11) is 0. The maximum Gasteiger partial charge on any atom is 0.287 e. The SMILES string of the molecule is O=C(NC[C@H](O)C1CCOCC1)c1ccco1. The second-order valence-electron chi connectivity index (χ2n) is 4.20. The van der Waals surface area contributed by atoms with Gasteiger partial charge in [-0.05, 0) is 30.9 Å². The van der Waals surface area contributed by atoms with Gasteiger partial charge in [0.25, 0.3) is 5.91 Å². The summed E-state index contributed by atoms with van der Waals surface area (Å²) >= 11 is 0. The van der Waals surface area contributed by atoms with Crippen LogP contribution in [-0.2, 0) is 4.74 Å². The molecule has 1 amide bonds. The molecule has 0 unspecified atom stereocenters. The normalized spacial score (nSPS) is 18.9. The van der Waals surface area contributed by atoms with E-state index in [0.717, 1.165) is 12.8 Å². The van der Waals surface area contributed by atoms with Gasteiger partial charge in [0, 0.05) is 19.8 Å². The highest BCUT2D eigenvalue weighted by atomic mass is 16.5. The topological polar surface area (TPSA) is 71.7 Å². The Morgan fingerprint density at radius 3 is 2.94 bits per heavy atom. The van der Waals surface area contributed by atoms with Gasteiger partial charge in [-0.25, -0.2) is 0 Å². The second kappa shape index (κ2) is 5.84. The van der Waals surface area contributed by atoms with E-state index in [1.54, 1.807) is 12.1 Å². The molecule has 5 nitrogen and oxygen atoms in total. The number of ether oxygens (including phenoxy) is 1. The van der Waals surface area contributed by atoms with Crippen LogP contribution in [-0.4, -0.2) is 36.9 Å². The van der Waals surface area contributed by atoms with E-state index in [1.807, 2.05) is 0 Å². The van der Waals surface area contributed by atoms with Crippen molar-refractivity contribution in [3.8, 4) is 0 Å². The Hall–Kier alpha value is -1.33. The first-order valence-electron chi connectivity index (χ1n) is 5.85. The van der Waals surface area contributed by atoms with Crippen LogP contribution in [0, 0.1) is 5.92 Å². The lowest BCUT2D eigenvalue weighted by molar-refractivity contribution is 0.00862. The molecule has 17 heavy (non-hydrogen) atoms. The molecule has 0 aromatic carbocycles. The van der Waals surface area contributed by atoms with E-state index in [-0.39, 0.29) is 24.1 Å². The third-order valence-corrected chi connectivity index (χ3v) is 3.03. The van der Waals surface area contributed by atoms with Crippen molar-refractivity contribution in [2.24, 2.45) is 5.92 Å².